The summed E-state index contributed by atoms with van der Waals surface area (Å²) in [4.78, 5) is 24.2. The van der Waals surface area contributed by atoms with Crippen molar-refractivity contribution in [2.45, 2.75) is 36.5 Å². The number of benzene rings is 1. The monoisotopic (exact) mass is 445 g/mol. The van der Waals surface area contributed by atoms with E-state index in [9.17, 15) is 18.0 Å². The van der Waals surface area contributed by atoms with Gasteiger partial charge in [-0.25, -0.2) is 9.97 Å². The van der Waals surface area contributed by atoms with Crippen LogP contribution in [0.3, 0.4) is 0 Å². The average Bonchev–Trinajstić information content (AvgIpc) is 3.26. The number of thiol groups is 1. The highest BCUT2D eigenvalue weighted by Gasteiger charge is 2.60. The number of pyridine rings is 1. The number of fused-ring (bicyclic) bond motifs is 1. The van der Waals surface area contributed by atoms with E-state index in [0.29, 0.717) is 29.6 Å². The molecule has 0 N–H and O–H groups in total. The maximum Gasteiger partial charge on any atom is 0.419 e. The molecule has 1 aromatic carbocycles. The van der Waals surface area contributed by atoms with Crippen LogP contribution in [0, 0.1) is 11.3 Å². The van der Waals surface area contributed by atoms with Gasteiger partial charge in [0.25, 0.3) is 5.91 Å². The zero-order valence-electron chi connectivity index (χ0n) is 15.8. The highest BCUT2D eigenvalue weighted by molar-refractivity contribution is 7.81. The third kappa shape index (κ3) is 2.78. The molecule has 1 saturated carbocycles. The fraction of sp³-hybridized carbons (Fsp3) is 0.300. The molecule has 7 nitrogen and oxygen atoms in total. The first-order chi connectivity index (χ1) is 14.8. The van der Waals surface area contributed by atoms with E-state index in [1.165, 1.54) is 17.4 Å². The summed E-state index contributed by atoms with van der Waals surface area (Å²) in [5.41, 5.74) is -1.96. The Hall–Kier alpha value is -3.26. The number of alkyl halides is 3. The second-order valence-corrected chi connectivity index (χ2v) is 7.94. The third-order valence-electron chi connectivity index (χ3n) is 5.88. The predicted octanol–water partition coefficient (Wildman–Crippen LogP) is 4.10. The van der Waals surface area contributed by atoms with E-state index in [1.54, 1.807) is 23.1 Å². The van der Waals surface area contributed by atoms with Gasteiger partial charge in [-0.3, -0.25) is 9.69 Å². The zero-order valence-corrected chi connectivity index (χ0v) is 16.7. The number of oxazole rings is 1. The van der Waals surface area contributed by atoms with Crippen molar-refractivity contribution in [3.05, 3.63) is 48.1 Å². The van der Waals surface area contributed by atoms with Crippen molar-refractivity contribution in [3.8, 4) is 6.07 Å². The molecule has 11 heteroatoms. The summed E-state index contributed by atoms with van der Waals surface area (Å²) in [5, 5.41) is 9.00. The van der Waals surface area contributed by atoms with Crippen LogP contribution in [-0.4, -0.2) is 26.9 Å². The molecule has 1 aliphatic carbocycles. The van der Waals surface area contributed by atoms with Gasteiger partial charge in [-0.15, -0.1) is 12.6 Å². The van der Waals surface area contributed by atoms with Crippen molar-refractivity contribution < 1.29 is 22.4 Å². The topological polar surface area (TPSA) is 86.3 Å². The van der Waals surface area contributed by atoms with Crippen molar-refractivity contribution >= 4 is 41.0 Å². The number of nitrogens with zero attached hydrogens (tertiary/aromatic N) is 5. The van der Waals surface area contributed by atoms with E-state index in [0.717, 1.165) is 18.7 Å². The quantitative estimate of drug-likeness (QED) is 0.598. The molecule has 1 atom stereocenters. The molecule has 2 fully saturated rings. The molecule has 3 aromatic rings. The van der Waals surface area contributed by atoms with Gasteiger partial charge >= 0.3 is 6.18 Å². The number of carbonyl (C=O) groups is 1. The summed E-state index contributed by atoms with van der Waals surface area (Å²) >= 11 is 4.61. The summed E-state index contributed by atoms with van der Waals surface area (Å²) in [7, 11) is 0. The molecule has 0 radical (unpaired) electrons. The summed E-state index contributed by atoms with van der Waals surface area (Å²) in [6.45, 7) is 0. The van der Waals surface area contributed by atoms with Crippen molar-refractivity contribution in [1.29, 1.82) is 5.26 Å². The fourth-order valence-electron chi connectivity index (χ4n) is 4.25. The summed E-state index contributed by atoms with van der Waals surface area (Å²) in [6.07, 6.45) is -0.472. The van der Waals surface area contributed by atoms with Crippen molar-refractivity contribution in [3.63, 3.8) is 0 Å². The van der Waals surface area contributed by atoms with Crippen LogP contribution in [0.15, 0.2) is 41.3 Å². The van der Waals surface area contributed by atoms with Gasteiger partial charge in [0.15, 0.2) is 23.2 Å². The van der Waals surface area contributed by atoms with Crippen molar-refractivity contribution in [1.82, 2.24) is 9.97 Å². The summed E-state index contributed by atoms with van der Waals surface area (Å²) < 4.78 is 45.7. The Morgan fingerprint density at radius 2 is 2.00 bits per heavy atom. The minimum absolute atomic E-state index is 0.0640. The molecule has 1 spiro atoms. The Kier molecular flexibility index (Phi) is 4.20. The van der Waals surface area contributed by atoms with Crippen LogP contribution in [0.25, 0.3) is 11.1 Å². The van der Waals surface area contributed by atoms with Gasteiger partial charge in [-0.1, -0.05) is 0 Å². The normalized spacial score (nSPS) is 20.4. The predicted molar refractivity (Wildman–Crippen MR) is 107 cm³/mol. The largest absolute Gasteiger partial charge is 0.443 e. The number of amides is 1. The highest BCUT2D eigenvalue weighted by Crippen LogP contribution is 2.50. The number of rotatable bonds is 2. The van der Waals surface area contributed by atoms with Gasteiger partial charge in [0, 0.05) is 11.8 Å². The van der Waals surface area contributed by atoms with Crippen LogP contribution in [0.1, 0.15) is 30.5 Å². The molecule has 1 aliphatic heterocycles. The van der Waals surface area contributed by atoms with Crippen LogP contribution < -0.4 is 9.80 Å². The molecule has 0 bridgehead atoms. The van der Waals surface area contributed by atoms with Crippen LogP contribution in [0.5, 0.6) is 0 Å². The second kappa shape index (κ2) is 6.62. The van der Waals surface area contributed by atoms with Crippen LogP contribution >= 0.6 is 12.6 Å². The average molecular weight is 445 g/mol. The first kappa shape index (κ1) is 19.7. The van der Waals surface area contributed by atoms with Crippen LogP contribution in [0.2, 0.25) is 0 Å². The van der Waals surface area contributed by atoms with E-state index in [1.807, 2.05) is 0 Å². The molecular weight excluding hydrogens is 431 g/mol. The van der Waals surface area contributed by atoms with E-state index in [-0.39, 0.29) is 11.6 Å². The Labute approximate surface area is 179 Å². The first-order valence-corrected chi connectivity index (χ1v) is 9.89. The SMILES string of the molecule is N#Cc1ncc(N2C(=O)C3(CCC3)N(c3ccc4ncoc4c3)C2S)cc1C(F)(F)F. The molecule has 3 heterocycles. The van der Waals surface area contributed by atoms with E-state index >= 15 is 0 Å². The fourth-order valence-corrected chi connectivity index (χ4v) is 4.84. The zero-order chi connectivity index (χ0) is 22.0. The van der Waals surface area contributed by atoms with Gasteiger partial charge in [0.05, 0.1) is 17.4 Å². The molecule has 31 heavy (non-hydrogen) atoms. The summed E-state index contributed by atoms with van der Waals surface area (Å²) in [6, 6.07) is 7.50. The van der Waals surface area contributed by atoms with E-state index < -0.39 is 28.5 Å². The maximum atomic E-state index is 13.5. The Morgan fingerprint density at radius 3 is 2.65 bits per heavy atom. The Balaban J connectivity index is 1.62. The van der Waals surface area contributed by atoms with Crippen LogP contribution in [0.4, 0.5) is 24.5 Å². The molecule has 2 aromatic heterocycles. The molecule has 2 aliphatic rings. The van der Waals surface area contributed by atoms with Gasteiger partial charge in [0.2, 0.25) is 0 Å². The smallest absolute Gasteiger partial charge is 0.419 e. The van der Waals surface area contributed by atoms with E-state index in [2.05, 4.69) is 22.6 Å². The van der Waals surface area contributed by atoms with E-state index in [4.69, 9.17) is 9.68 Å². The number of anilines is 2. The Morgan fingerprint density at radius 1 is 1.23 bits per heavy atom. The van der Waals surface area contributed by atoms with Gasteiger partial charge in [0.1, 0.15) is 17.1 Å². The number of hydrogen-bond donors (Lipinski definition) is 1. The molecular formula is C20H14F3N5O2S. The van der Waals surface area contributed by atoms with Crippen molar-refractivity contribution in [2.24, 2.45) is 0 Å². The second-order valence-electron chi connectivity index (χ2n) is 7.48. The minimum Gasteiger partial charge on any atom is -0.443 e. The van der Waals surface area contributed by atoms with Gasteiger partial charge in [-0.2, -0.15) is 18.4 Å². The highest BCUT2D eigenvalue weighted by atomic mass is 32.1. The third-order valence-corrected chi connectivity index (χ3v) is 6.34. The first-order valence-electron chi connectivity index (χ1n) is 9.38. The molecule has 1 amide bonds. The number of halogens is 3. The lowest BCUT2D eigenvalue weighted by molar-refractivity contribution is -0.138. The lowest BCUT2D eigenvalue weighted by Gasteiger charge is -2.44. The summed E-state index contributed by atoms with van der Waals surface area (Å²) in [5.74, 6) is -0.351. The van der Waals surface area contributed by atoms with Gasteiger partial charge in [-0.05, 0) is 37.5 Å². The van der Waals surface area contributed by atoms with Crippen LogP contribution in [-0.2, 0) is 11.0 Å². The minimum atomic E-state index is -4.78. The standard InChI is InChI=1S/C20H14F3N5O2S/c21-20(22,23)13-6-12(9-25-15(13)8-24)27-17(29)19(4-1-5-19)28(18(27)31)11-2-3-14-16(7-11)30-10-26-14/h2-3,6-7,9-10,18,31H,1,4-5H2. The lowest BCUT2D eigenvalue weighted by atomic mass is 9.75. The van der Waals surface area contributed by atoms with Crippen molar-refractivity contribution in [2.75, 3.05) is 9.80 Å². The number of nitriles is 1. The molecule has 1 saturated heterocycles. The number of carbonyl (C=O) groups excluding carboxylic acids is 1. The maximum absolute atomic E-state index is 13.5. The van der Waals surface area contributed by atoms with Gasteiger partial charge < -0.3 is 9.32 Å². The Bertz CT molecular complexity index is 1250. The number of hydrogen-bond acceptors (Lipinski definition) is 7. The molecule has 1 unspecified atom stereocenters. The lowest BCUT2D eigenvalue weighted by Crippen LogP contribution is -2.55. The number of aromatic nitrogens is 2. The molecule has 158 valence electrons. The molecule has 5 rings (SSSR count).